The summed E-state index contributed by atoms with van der Waals surface area (Å²) in [6, 6.07) is 13.1. The van der Waals surface area contributed by atoms with Crippen molar-refractivity contribution in [2.75, 3.05) is 6.54 Å². The van der Waals surface area contributed by atoms with E-state index in [4.69, 9.17) is 0 Å². The lowest BCUT2D eigenvalue weighted by molar-refractivity contribution is -0.129. The van der Waals surface area contributed by atoms with E-state index >= 15 is 0 Å². The van der Waals surface area contributed by atoms with Crippen molar-refractivity contribution in [3.05, 3.63) is 77.4 Å². The fourth-order valence-electron chi connectivity index (χ4n) is 3.57. The number of nitrogens with zero attached hydrogens (tertiary/aromatic N) is 4. The number of amides is 2. The van der Waals surface area contributed by atoms with Crippen molar-refractivity contribution >= 4 is 11.8 Å². The van der Waals surface area contributed by atoms with Crippen LogP contribution in [-0.2, 0) is 11.3 Å². The number of benzene rings is 2. The molecule has 7 heteroatoms. The van der Waals surface area contributed by atoms with E-state index in [1.807, 2.05) is 50.2 Å². The molecule has 0 spiro atoms. The lowest BCUT2D eigenvalue weighted by atomic mass is 10.1. The van der Waals surface area contributed by atoms with E-state index in [0.29, 0.717) is 25.1 Å². The molecule has 0 aliphatic carbocycles. The molecule has 1 aromatic heterocycles. The molecule has 2 heterocycles. The summed E-state index contributed by atoms with van der Waals surface area (Å²) < 4.78 is 1.64. The molecule has 1 fully saturated rings. The van der Waals surface area contributed by atoms with Crippen molar-refractivity contribution < 1.29 is 9.59 Å². The van der Waals surface area contributed by atoms with Crippen LogP contribution in [0.2, 0.25) is 0 Å². The highest BCUT2D eigenvalue weighted by Gasteiger charge is 2.33. The molecule has 4 rings (SSSR count). The number of rotatable bonds is 5. The summed E-state index contributed by atoms with van der Waals surface area (Å²) in [7, 11) is 0. The Bertz CT molecular complexity index is 1030. The first kappa shape index (κ1) is 18.9. The van der Waals surface area contributed by atoms with Crippen molar-refractivity contribution in [3.63, 3.8) is 0 Å². The Kier molecular flexibility index (Phi) is 5.12. The third-order valence-electron chi connectivity index (χ3n) is 5.23. The fraction of sp³-hybridized carbons (Fsp3) is 0.273. The maximum absolute atomic E-state index is 12.8. The van der Waals surface area contributed by atoms with Gasteiger partial charge in [0, 0.05) is 18.7 Å². The largest absolute Gasteiger partial charge is 0.340 e. The highest BCUT2D eigenvalue weighted by molar-refractivity contribution is 5.99. The van der Waals surface area contributed by atoms with Gasteiger partial charge in [-0.15, -0.1) is 0 Å². The molecule has 0 saturated carbocycles. The quantitative estimate of drug-likeness (QED) is 0.727. The van der Waals surface area contributed by atoms with Gasteiger partial charge in [-0.2, -0.15) is 5.10 Å². The van der Waals surface area contributed by atoms with Crippen LogP contribution in [0.4, 0.5) is 0 Å². The van der Waals surface area contributed by atoms with Gasteiger partial charge in [0.2, 0.25) is 5.91 Å². The summed E-state index contributed by atoms with van der Waals surface area (Å²) in [5, 5.41) is 7.00. The average Bonchev–Trinajstić information content (AvgIpc) is 3.36. The van der Waals surface area contributed by atoms with Gasteiger partial charge in [-0.05, 0) is 49.6 Å². The van der Waals surface area contributed by atoms with Crippen LogP contribution >= 0.6 is 0 Å². The summed E-state index contributed by atoms with van der Waals surface area (Å²) in [4.78, 5) is 31.2. The second-order valence-electron chi connectivity index (χ2n) is 7.40. The molecule has 2 amide bonds. The minimum atomic E-state index is -0.484. The zero-order valence-corrected chi connectivity index (χ0v) is 16.5. The monoisotopic (exact) mass is 389 g/mol. The molecule has 29 heavy (non-hydrogen) atoms. The molecular weight excluding hydrogens is 366 g/mol. The molecule has 1 atom stereocenters. The molecule has 1 saturated heterocycles. The van der Waals surface area contributed by atoms with E-state index in [0.717, 1.165) is 16.8 Å². The molecule has 148 valence electrons. The summed E-state index contributed by atoms with van der Waals surface area (Å²) in [6.45, 7) is 5.12. The standard InChI is InChI=1S/C22H23N5O2/c1-15-3-5-17(6-4-15)12-26-10-9-20(22(26)29)25-21(28)19-8-7-18(11-16(19)2)27-14-23-13-24-27/h3-8,11,13-14,20H,9-10,12H2,1-2H3,(H,25,28). The zero-order chi connectivity index (χ0) is 20.4. The SMILES string of the molecule is Cc1ccc(CN2CCC(NC(=O)c3ccc(-n4cncn4)cc3C)C2=O)cc1. The van der Waals surface area contributed by atoms with Gasteiger partial charge in [-0.1, -0.05) is 29.8 Å². The van der Waals surface area contributed by atoms with E-state index in [-0.39, 0.29) is 11.8 Å². The minimum Gasteiger partial charge on any atom is -0.340 e. The second kappa shape index (κ2) is 7.87. The van der Waals surface area contributed by atoms with Gasteiger partial charge in [0.25, 0.3) is 5.91 Å². The van der Waals surface area contributed by atoms with Crippen LogP contribution in [0.15, 0.2) is 55.1 Å². The first-order valence-corrected chi connectivity index (χ1v) is 9.62. The van der Waals surface area contributed by atoms with Gasteiger partial charge in [0.1, 0.15) is 18.7 Å². The first-order chi connectivity index (χ1) is 14.0. The number of carbonyl (C=O) groups excluding carboxylic acids is 2. The Morgan fingerprint density at radius 2 is 1.97 bits per heavy atom. The normalized spacial score (nSPS) is 16.3. The number of hydrogen-bond donors (Lipinski definition) is 1. The van der Waals surface area contributed by atoms with E-state index < -0.39 is 6.04 Å². The predicted molar refractivity (Wildman–Crippen MR) is 109 cm³/mol. The Balaban J connectivity index is 1.41. The van der Waals surface area contributed by atoms with Crippen LogP contribution in [0.1, 0.15) is 33.5 Å². The third kappa shape index (κ3) is 4.03. The van der Waals surface area contributed by atoms with Crippen LogP contribution in [0, 0.1) is 13.8 Å². The lowest BCUT2D eigenvalue weighted by Crippen LogP contribution is -2.41. The fourth-order valence-corrected chi connectivity index (χ4v) is 3.57. The highest BCUT2D eigenvalue weighted by Crippen LogP contribution is 2.18. The van der Waals surface area contributed by atoms with Crippen LogP contribution in [0.25, 0.3) is 5.69 Å². The summed E-state index contributed by atoms with van der Waals surface area (Å²) in [6.07, 6.45) is 3.69. The van der Waals surface area contributed by atoms with E-state index in [2.05, 4.69) is 15.4 Å². The first-order valence-electron chi connectivity index (χ1n) is 9.62. The maximum Gasteiger partial charge on any atom is 0.252 e. The van der Waals surface area contributed by atoms with E-state index in [1.54, 1.807) is 22.0 Å². The Labute approximate surface area is 169 Å². The number of aryl methyl sites for hydroxylation is 2. The maximum atomic E-state index is 12.8. The van der Waals surface area contributed by atoms with Gasteiger partial charge < -0.3 is 10.2 Å². The van der Waals surface area contributed by atoms with Crippen molar-refractivity contribution in [1.82, 2.24) is 25.0 Å². The number of carbonyl (C=O) groups is 2. The van der Waals surface area contributed by atoms with Gasteiger partial charge in [-0.25, -0.2) is 9.67 Å². The van der Waals surface area contributed by atoms with Crippen molar-refractivity contribution in [2.45, 2.75) is 32.9 Å². The van der Waals surface area contributed by atoms with Gasteiger partial charge in [0.05, 0.1) is 5.69 Å². The molecule has 3 aromatic rings. The average molecular weight is 389 g/mol. The number of hydrogen-bond acceptors (Lipinski definition) is 4. The summed E-state index contributed by atoms with van der Waals surface area (Å²) >= 11 is 0. The Morgan fingerprint density at radius 1 is 1.17 bits per heavy atom. The molecule has 1 N–H and O–H groups in total. The summed E-state index contributed by atoms with van der Waals surface area (Å²) in [5.41, 5.74) is 4.49. The Hall–Kier alpha value is -3.48. The predicted octanol–water partition coefficient (Wildman–Crippen LogP) is 2.42. The van der Waals surface area contributed by atoms with Crippen molar-refractivity contribution in [1.29, 1.82) is 0 Å². The molecule has 7 nitrogen and oxygen atoms in total. The molecule has 1 aliphatic rings. The minimum absolute atomic E-state index is 0.0317. The van der Waals surface area contributed by atoms with Crippen molar-refractivity contribution in [2.24, 2.45) is 0 Å². The third-order valence-corrected chi connectivity index (χ3v) is 5.23. The van der Waals surface area contributed by atoms with Crippen LogP contribution in [0.3, 0.4) is 0 Å². The van der Waals surface area contributed by atoms with Crippen LogP contribution < -0.4 is 5.32 Å². The second-order valence-corrected chi connectivity index (χ2v) is 7.40. The molecular formula is C22H23N5O2. The molecule has 1 aliphatic heterocycles. The number of aromatic nitrogens is 3. The van der Waals surface area contributed by atoms with Crippen LogP contribution in [0.5, 0.6) is 0 Å². The zero-order valence-electron chi connectivity index (χ0n) is 16.5. The van der Waals surface area contributed by atoms with E-state index in [9.17, 15) is 9.59 Å². The topological polar surface area (TPSA) is 80.1 Å². The van der Waals surface area contributed by atoms with Crippen molar-refractivity contribution in [3.8, 4) is 5.69 Å². The Morgan fingerprint density at radius 3 is 2.66 bits per heavy atom. The molecule has 0 bridgehead atoms. The molecule has 0 radical (unpaired) electrons. The van der Waals surface area contributed by atoms with Crippen LogP contribution in [-0.4, -0.2) is 44.1 Å². The van der Waals surface area contributed by atoms with Gasteiger partial charge in [0.15, 0.2) is 0 Å². The summed E-state index contributed by atoms with van der Waals surface area (Å²) in [5.74, 6) is -0.265. The van der Waals surface area contributed by atoms with Gasteiger partial charge in [-0.3, -0.25) is 9.59 Å². The van der Waals surface area contributed by atoms with Gasteiger partial charge >= 0.3 is 0 Å². The smallest absolute Gasteiger partial charge is 0.252 e. The molecule has 1 unspecified atom stereocenters. The number of likely N-dealkylation sites (tertiary alicyclic amines) is 1. The number of nitrogens with one attached hydrogen (secondary N) is 1. The van der Waals surface area contributed by atoms with E-state index in [1.165, 1.54) is 11.9 Å². The highest BCUT2D eigenvalue weighted by atomic mass is 16.2. The lowest BCUT2D eigenvalue weighted by Gasteiger charge is -2.18. The molecule has 2 aromatic carbocycles.